The van der Waals surface area contributed by atoms with E-state index < -0.39 is 0 Å². The van der Waals surface area contributed by atoms with Crippen molar-refractivity contribution >= 4 is 5.97 Å². The monoisotopic (exact) mass is 248 g/mol. The molecule has 2 heteroatoms. The van der Waals surface area contributed by atoms with Crippen LogP contribution < -0.4 is 4.74 Å². The molecule has 0 heterocycles. The van der Waals surface area contributed by atoms with Crippen LogP contribution in [0, 0.1) is 0 Å². The second-order valence-corrected chi connectivity index (χ2v) is 4.76. The van der Waals surface area contributed by atoms with Gasteiger partial charge in [0.15, 0.2) is 0 Å². The van der Waals surface area contributed by atoms with Gasteiger partial charge in [-0.05, 0) is 30.5 Å². The topological polar surface area (TPSA) is 26.3 Å². The third-order valence-electron chi connectivity index (χ3n) is 2.98. The fourth-order valence-corrected chi connectivity index (χ4v) is 2.04. The van der Waals surface area contributed by atoms with E-state index in [1.54, 1.807) is 0 Å². The van der Waals surface area contributed by atoms with Gasteiger partial charge < -0.3 is 4.74 Å². The van der Waals surface area contributed by atoms with E-state index in [1.807, 2.05) is 18.2 Å². The van der Waals surface area contributed by atoms with Gasteiger partial charge in [0.05, 0.1) is 0 Å². The highest BCUT2D eigenvalue weighted by Gasteiger charge is 2.00. The van der Waals surface area contributed by atoms with Crippen LogP contribution in [0.4, 0.5) is 0 Å². The number of rotatable bonds is 8. The standard InChI is InChI=1S/C16H24O2/c1-3-4-5-6-7-8-10-15-11-9-12-16(13-15)18-14(2)17/h9,11-13H,3-8,10H2,1-2H3. The number of aryl methyl sites for hydroxylation is 1. The molecule has 0 aliphatic heterocycles. The molecule has 0 saturated heterocycles. The van der Waals surface area contributed by atoms with Crippen molar-refractivity contribution < 1.29 is 9.53 Å². The smallest absolute Gasteiger partial charge is 0.308 e. The predicted octanol–water partition coefficient (Wildman–Crippen LogP) is 4.51. The molecule has 0 aliphatic rings. The van der Waals surface area contributed by atoms with Crippen LogP contribution in [-0.2, 0) is 11.2 Å². The van der Waals surface area contributed by atoms with Gasteiger partial charge in [-0.2, -0.15) is 0 Å². The van der Waals surface area contributed by atoms with Gasteiger partial charge in [-0.1, -0.05) is 51.2 Å². The molecule has 1 rings (SSSR count). The molecule has 0 N–H and O–H groups in total. The van der Waals surface area contributed by atoms with Gasteiger partial charge >= 0.3 is 5.97 Å². The van der Waals surface area contributed by atoms with E-state index in [0.29, 0.717) is 5.75 Å². The fraction of sp³-hybridized carbons (Fsp3) is 0.562. The highest BCUT2D eigenvalue weighted by molar-refractivity contribution is 5.69. The van der Waals surface area contributed by atoms with E-state index in [0.717, 1.165) is 6.42 Å². The van der Waals surface area contributed by atoms with E-state index in [9.17, 15) is 4.79 Å². The van der Waals surface area contributed by atoms with Crippen molar-refractivity contribution in [3.05, 3.63) is 29.8 Å². The molecule has 0 bridgehead atoms. The zero-order valence-electron chi connectivity index (χ0n) is 11.6. The highest BCUT2D eigenvalue weighted by Crippen LogP contribution is 2.16. The number of benzene rings is 1. The van der Waals surface area contributed by atoms with Crippen molar-refractivity contribution in [2.45, 2.75) is 58.8 Å². The molecule has 0 aliphatic carbocycles. The van der Waals surface area contributed by atoms with Crippen LogP contribution in [0.15, 0.2) is 24.3 Å². The summed E-state index contributed by atoms with van der Waals surface area (Å²) in [5.74, 6) is 0.401. The molecule has 0 radical (unpaired) electrons. The molecule has 100 valence electrons. The minimum absolute atomic E-state index is 0.258. The van der Waals surface area contributed by atoms with Crippen LogP contribution in [0.25, 0.3) is 0 Å². The summed E-state index contributed by atoms with van der Waals surface area (Å²) >= 11 is 0. The molecule has 0 fully saturated rings. The molecule has 0 saturated carbocycles. The van der Waals surface area contributed by atoms with Gasteiger partial charge in [-0.15, -0.1) is 0 Å². The molecule has 1 aromatic carbocycles. The number of esters is 1. The Morgan fingerprint density at radius 1 is 1.11 bits per heavy atom. The minimum atomic E-state index is -0.258. The number of ether oxygens (including phenoxy) is 1. The summed E-state index contributed by atoms with van der Waals surface area (Å²) < 4.78 is 5.08. The first-order valence-corrected chi connectivity index (χ1v) is 6.99. The quantitative estimate of drug-likeness (QED) is 0.384. The maximum Gasteiger partial charge on any atom is 0.308 e. The number of unbranched alkanes of at least 4 members (excludes halogenated alkanes) is 5. The van der Waals surface area contributed by atoms with Crippen molar-refractivity contribution in [1.82, 2.24) is 0 Å². The van der Waals surface area contributed by atoms with Crippen molar-refractivity contribution in [1.29, 1.82) is 0 Å². The van der Waals surface area contributed by atoms with Gasteiger partial charge in [-0.25, -0.2) is 0 Å². The molecular formula is C16H24O2. The summed E-state index contributed by atoms with van der Waals surface area (Å²) in [6, 6.07) is 7.84. The number of carbonyl (C=O) groups excluding carboxylic acids is 1. The van der Waals surface area contributed by atoms with Crippen LogP contribution in [0.5, 0.6) is 5.75 Å². The Balaban J connectivity index is 2.27. The Labute approximate surface area is 110 Å². The zero-order chi connectivity index (χ0) is 13.2. The van der Waals surface area contributed by atoms with Gasteiger partial charge in [0, 0.05) is 6.92 Å². The Bertz CT molecular complexity index is 358. The van der Waals surface area contributed by atoms with Crippen LogP contribution in [0.1, 0.15) is 57.9 Å². The van der Waals surface area contributed by atoms with Crippen molar-refractivity contribution in [2.24, 2.45) is 0 Å². The Kier molecular flexibility index (Phi) is 7.16. The lowest BCUT2D eigenvalue weighted by Gasteiger charge is -2.05. The lowest BCUT2D eigenvalue weighted by Crippen LogP contribution is -2.01. The molecule has 0 unspecified atom stereocenters. The molecule has 0 spiro atoms. The van der Waals surface area contributed by atoms with Gasteiger partial charge in [0.25, 0.3) is 0 Å². The van der Waals surface area contributed by atoms with Crippen LogP contribution in [-0.4, -0.2) is 5.97 Å². The zero-order valence-corrected chi connectivity index (χ0v) is 11.6. The number of hydrogen-bond donors (Lipinski definition) is 0. The summed E-state index contributed by atoms with van der Waals surface area (Å²) in [7, 11) is 0. The summed E-state index contributed by atoms with van der Waals surface area (Å²) in [6.07, 6.45) is 8.90. The molecular weight excluding hydrogens is 224 g/mol. The highest BCUT2D eigenvalue weighted by atomic mass is 16.5. The normalized spacial score (nSPS) is 10.3. The van der Waals surface area contributed by atoms with E-state index in [-0.39, 0.29) is 5.97 Å². The first kappa shape index (κ1) is 14.7. The summed E-state index contributed by atoms with van der Waals surface area (Å²) in [5.41, 5.74) is 1.25. The molecule has 1 aromatic rings. The Morgan fingerprint density at radius 2 is 1.83 bits per heavy atom. The van der Waals surface area contributed by atoms with Gasteiger partial charge in [0.2, 0.25) is 0 Å². The second kappa shape index (κ2) is 8.73. The van der Waals surface area contributed by atoms with Crippen molar-refractivity contribution in [3.8, 4) is 5.75 Å². The summed E-state index contributed by atoms with van der Waals surface area (Å²) in [5, 5.41) is 0. The van der Waals surface area contributed by atoms with E-state index >= 15 is 0 Å². The molecule has 0 atom stereocenters. The molecule has 0 aromatic heterocycles. The Hall–Kier alpha value is -1.31. The van der Waals surface area contributed by atoms with E-state index in [4.69, 9.17) is 4.74 Å². The third-order valence-corrected chi connectivity index (χ3v) is 2.98. The molecule has 2 nitrogen and oxygen atoms in total. The van der Waals surface area contributed by atoms with Gasteiger partial charge in [-0.3, -0.25) is 4.79 Å². The summed E-state index contributed by atoms with van der Waals surface area (Å²) in [6.45, 7) is 3.67. The largest absolute Gasteiger partial charge is 0.427 e. The molecule has 0 amide bonds. The fourth-order valence-electron chi connectivity index (χ4n) is 2.04. The lowest BCUT2D eigenvalue weighted by molar-refractivity contribution is -0.131. The van der Waals surface area contributed by atoms with Crippen LogP contribution >= 0.6 is 0 Å². The minimum Gasteiger partial charge on any atom is -0.427 e. The predicted molar refractivity (Wildman–Crippen MR) is 74.8 cm³/mol. The van der Waals surface area contributed by atoms with Crippen molar-refractivity contribution in [2.75, 3.05) is 0 Å². The Morgan fingerprint density at radius 3 is 2.56 bits per heavy atom. The first-order valence-electron chi connectivity index (χ1n) is 6.99. The average molecular weight is 248 g/mol. The van der Waals surface area contributed by atoms with Crippen LogP contribution in [0.3, 0.4) is 0 Å². The maximum atomic E-state index is 10.9. The summed E-state index contributed by atoms with van der Waals surface area (Å²) in [4.78, 5) is 10.9. The first-order chi connectivity index (χ1) is 8.72. The maximum absolute atomic E-state index is 10.9. The van der Waals surface area contributed by atoms with E-state index in [2.05, 4.69) is 13.0 Å². The SMILES string of the molecule is CCCCCCCCc1cccc(OC(C)=O)c1. The second-order valence-electron chi connectivity index (χ2n) is 4.76. The van der Waals surface area contributed by atoms with Crippen LogP contribution in [0.2, 0.25) is 0 Å². The number of carbonyl (C=O) groups is 1. The van der Waals surface area contributed by atoms with Crippen molar-refractivity contribution in [3.63, 3.8) is 0 Å². The molecule has 18 heavy (non-hydrogen) atoms. The number of hydrogen-bond acceptors (Lipinski definition) is 2. The van der Waals surface area contributed by atoms with Gasteiger partial charge in [0.1, 0.15) is 5.75 Å². The average Bonchev–Trinajstić information content (AvgIpc) is 2.33. The van der Waals surface area contributed by atoms with E-state index in [1.165, 1.54) is 51.0 Å². The lowest BCUT2D eigenvalue weighted by atomic mass is 10.0. The third kappa shape index (κ3) is 6.43.